The molecule has 0 radical (unpaired) electrons. The van der Waals surface area contributed by atoms with Crippen molar-refractivity contribution in [2.75, 3.05) is 13.2 Å². The summed E-state index contributed by atoms with van der Waals surface area (Å²) in [7, 11) is 0. The Labute approximate surface area is 149 Å². The third kappa shape index (κ3) is 4.09. The van der Waals surface area contributed by atoms with Gasteiger partial charge in [-0.15, -0.1) is 0 Å². The van der Waals surface area contributed by atoms with Gasteiger partial charge in [0.2, 0.25) is 0 Å². The van der Waals surface area contributed by atoms with Gasteiger partial charge in [0.25, 0.3) is 11.6 Å². The van der Waals surface area contributed by atoms with Crippen LogP contribution in [0.15, 0.2) is 36.4 Å². The van der Waals surface area contributed by atoms with Crippen LogP contribution in [-0.2, 0) is 12.8 Å². The minimum Gasteiger partial charge on any atom is -0.492 e. The molecule has 1 N–H and O–H groups in total. The Balaban J connectivity index is 1.50. The summed E-state index contributed by atoms with van der Waals surface area (Å²) in [6, 6.07) is 9.85. The average Bonchev–Trinajstić information content (AvgIpc) is 3.06. The molecule has 7 heteroatoms. The molecular weight excluding hydrogens is 344 g/mol. The van der Waals surface area contributed by atoms with E-state index >= 15 is 0 Å². The monoisotopic (exact) mass is 360 g/mol. The van der Waals surface area contributed by atoms with Crippen molar-refractivity contribution in [3.05, 3.63) is 68.2 Å². The summed E-state index contributed by atoms with van der Waals surface area (Å²) in [5.41, 5.74) is 2.76. The Kier molecular flexibility index (Phi) is 5.19. The molecule has 1 amide bonds. The Hall–Kier alpha value is -2.60. The zero-order valence-corrected chi connectivity index (χ0v) is 14.2. The van der Waals surface area contributed by atoms with Crippen LogP contribution in [0.2, 0.25) is 5.02 Å². The number of non-ortho nitro benzene ring substituents is 1. The molecule has 0 aromatic heterocycles. The number of amides is 1. The second kappa shape index (κ2) is 7.53. The number of hydrogen-bond donors (Lipinski definition) is 1. The van der Waals surface area contributed by atoms with E-state index in [1.54, 1.807) is 0 Å². The van der Waals surface area contributed by atoms with Crippen molar-refractivity contribution in [2.45, 2.75) is 19.3 Å². The standard InChI is InChI=1S/C18H17ClN2O4/c19-17-11-14(21(23)24)5-7-16(17)18(22)20-8-9-25-15-6-4-12-2-1-3-13(12)10-15/h4-7,10-11H,1-3,8-9H2,(H,20,22). The lowest BCUT2D eigenvalue weighted by atomic mass is 10.1. The summed E-state index contributed by atoms with van der Waals surface area (Å²) in [5.74, 6) is 0.403. The van der Waals surface area contributed by atoms with Crippen molar-refractivity contribution in [3.63, 3.8) is 0 Å². The highest BCUT2D eigenvalue weighted by Gasteiger charge is 2.15. The molecule has 0 heterocycles. The lowest BCUT2D eigenvalue weighted by Gasteiger charge is -2.10. The zero-order valence-electron chi connectivity index (χ0n) is 13.5. The summed E-state index contributed by atoms with van der Waals surface area (Å²) in [6.07, 6.45) is 3.40. The fourth-order valence-electron chi connectivity index (χ4n) is 2.87. The molecule has 0 unspecified atom stereocenters. The van der Waals surface area contributed by atoms with Crippen LogP contribution in [0.1, 0.15) is 27.9 Å². The smallest absolute Gasteiger partial charge is 0.270 e. The van der Waals surface area contributed by atoms with Gasteiger partial charge in [-0.2, -0.15) is 0 Å². The lowest BCUT2D eigenvalue weighted by Crippen LogP contribution is -2.28. The number of carbonyl (C=O) groups is 1. The summed E-state index contributed by atoms with van der Waals surface area (Å²) < 4.78 is 5.66. The minimum absolute atomic E-state index is 0.0474. The fraction of sp³-hybridized carbons (Fsp3) is 0.278. The maximum absolute atomic E-state index is 12.1. The van der Waals surface area contributed by atoms with Crippen LogP contribution < -0.4 is 10.1 Å². The molecule has 3 rings (SSSR count). The molecule has 130 valence electrons. The van der Waals surface area contributed by atoms with Gasteiger partial charge in [0, 0.05) is 12.1 Å². The van der Waals surface area contributed by atoms with Gasteiger partial charge in [-0.3, -0.25) is 14.9 Å². The first-order valence-electron chi connectivity index (χ1n) is 8.01. The van der Waals surface area contributed by atoms with E-state index in [4.69, 9.17) is 16.3 Å². The number of rotatable bonds is 6. The van der Waals surface area contributed by atoms with Crippen LogP contribution in [0.5, 0.6) is 5.75 Å². The second-order valence-electron chi connectivity index (χ2n) is 5.81. The first kappa shape index (κ1) is 17.2. The number of aryl methyl sites for hydroxylation is 2. The number of nitro benzene ring substituents is 1. The van der Waals surface area contributed by atoms with Crippen molar-refractivity contribution >= 4 is 23.2 Å². The van der Waals surface area contributed by atoms with Crippen molar-refractivity contribution in [2.24, 2.45) is 0 Å². The summed E-state index contributed by atoms with van der Waals surface area (Å²) in [5, 5.41) is 13.4. The number of hydrogen-bond acceptors (Lipinski definition) is 4. The molecule has 0 saturated heterocycles. The van der Waals surface area contributed by atoms with Crippen LogP contribution >= 0.6 is 11.6 Å². The van der Waals surface area contributed by atoms with Gasteiger partial charge in [0.05, 0.1) is 22.1 Å². The zero-order chi connectivity index (χ0) is 17.8. The molecule has 0 saturated carbocycles. The van der Waals surface area contributed by atoms with Crippen molar-refractivity contribution in [1.29, 1.82) is 0 Å². The third-order valence-electron chi connectivity index (χ3n) is 4.13. The molecule has 1 aliphatic carbocycles. The Morgan fingerprint density at radius 2 is 2.00 bits per heavy atom. The topological polar surface area (TPSA) is 81.5 Å². The van der Waals surface area contributed by atoms with Gasteiger partial charge in [0.1, 0.15) is 12.4 Å². The van der Waals surface area contributed by atoms with Crippen LogP contribution in [0, 0.1) is 10.1 Å². The normalized spacial score (nSPS) is 12.5. The first-order chi connectivity index (χ1) is 12.0. The highest BCUT2D eigenvalue weighted by Crippen LogP contribution is 2.26. The summed E-state index contributed by atoms with van der Waals surface area (Å²) in [4.78, 5) is 22.2. The van der Waals surface area contributed by atoms with E-state index in [9.17, 15) is 14.9 Å². The van der Waals surface area contributed by atoms with Gasteiger partial charge in [-0.05, 0) is 48.6 Å². The second-order valence-corrected chi connectivity index (χ2v) is 6.22. The van der Waals surface area contributed by atoms with Crippen LogP contribution in [-0.4, -0.2) is 24.0 Å². The van der Waals surface area contributed by atoms with Crippen LogP contribution in [0.3, 0.4) is 0 Å². The first-order valence-corrected chi connectivity index (χ1v) is 8.39. The lowest BCUT2D eigenvalue weighted by molar-refractivity contribution is -0.384. The molecule has 2 aromatic carbocycles. The molecule has 0 fully saturated rings. The van der Waals surface area contributed by atoms with Crippen molar-refractivity contribution < 1.29 is 14.5 Å². The Morgan fingerprint density at radius 3 is 2.76 bits per heavy atom. The number of halogens is 1. The van der Waals surface area contributed by atoms with E-state index in [-0.39, 0.29) is 16.3 Å². The number of nitrogens with one attached hydrogen (secondary N) is 1. The highest BCUT2D eigenvalue weighted by atomic mass is 35.5. The van der Waals surface area contributed by atoms with Crippen LogP contribution in [0.25, 0.3) is 0 Å². The van der Waals surface area contributed by atoms with Gasteiger partial charge in [0.15, 0.2) is 0 Å². The van der Waals surface area contributed by atoms with Gasteiger partial charge < -0.3 is 10.1 Å². The minimum atomic E-state index is -0.558. The molecule has 25 heavy (non-hydrogen) atoms. The number of benzene rings is 2. The average molecular weight is 361 g/mol. The van der Waals surface area contributed by atoms with Crippen molar-refractivity contribution in [1.82, 2.24) is 5.32 Å². The van der Waals surface area contributed by atoms with Gasteiger partial charge in [-0.25, -0.2) is 0 Å². The maximum Gasteiger partial charge on any atom is 0.270 e. The Morgan fingerprint density at radius 1 is 1.20 bits per heavy atom. The van der Waals surface area contributed by atoms with E-state index in [1.807, 2.05) is 6.07 Å². The van der Waals surface area contributed by atoms with E-state index in [2.05, 4.69) is 17.4 Å². The molecule has 1 aliphatic rings. The number of carbonyl (C=O) groups excluding carboxylic acids is 1. The van der Waals surface area contributed by atoms with E-state index in [0.717, 1.165) is 24.7 Å². The molecule has 2 aromatic rings. The molecule has 0 atom stereocenters. The quantitative estimate of drug-likeness (QED) is 0.485. The van der Waals surface area contributed by atoms with Gasteiger partial charge >= 0.3 is 0 Å². The number of nitrogens with zero attached hydrogens (tertiary/aromatic N) is 1. The molecule has 0 bridgehead atoms. The largest absolute Gasteiger partial charge is 0.492 e. The number of fused-ring (bicyclic) bond motifs is 1. The third-order valence-corrected chi connectivity index (χ3v) is 4.45. The molecule has 6 nitrogen and oxygen atoms in total. The van der Waals surface area contributed by atoms with E-state index in [0.29, 0.717) is 13.2 Å². The number of ether oxygens (including phenoxy) is 1. The Bertz CT molecular complexity index is 823. The fourth-order valence-corrected chi connectivity index (χ4v) is 3.13. The SMILES string of the molecule is O=C(NCCOc1ccc2c(c1)CCC2)c1ccc([N+](=O)[O-])cc1Cl. The van der Waals surface area contributed by atoms with E-state index in [1.165, 1.54) is 29.7 Å². The molecule has 0 spiro atoms. The van der Waals surface area contributed by atoms with Gasteiger partial charge in [-0.1, -0.05) is 17.7 Å². The highest BCUT2D eigenvalue weighted by molar-refractivity contribution is 6.34. The predicted octanol–water partition coefficient (Wildman–Crippen LogP) is 3.55. The van der Waals surface area contributed by atoms with E-state index < -0.39 is 10.8 Å². The predicted molar refractivity (Wildman–Crippen MR) is 94.4 cm³/mol. The summed E-state index contributed by atoms with van der Waals surface area (Å²) in [6.45, 7) is 0.637. The molecule has 0 aliphatic heterocycles. The maximum atomic E-state index is 12.1. The summed E-state index contributed by atoms with van der Waals surface area (Å²) >= 11 is 5.93. The number of nitro groups is 1. The molecular formula is C18H17ClN2O4. The van der Waals surface area contributed by atoms with Crippen molar-refractivity contribution in [3.8, 4) is 5.75 Å². The van der Waals surface area contributed by atoms with Crippen LogP contribution in [0.4, 0.5) is 5.69 Å².